The highest BCUT2D eigenvalue weighted by Gasteiger charge is 2.63. The number of amides is 3. The van der Waals surface area contributed by atoms with E-state index in [1.807, 2.05) is 60.8 Å². The van der Waals surface area contributed by atoms with Gasteiger partial charge >= 0.3 is 12.1 Å². The molecule has 240 valence electrons. The summed E-state index contributed by atoms with van der Waals surface area (Å²) in [6.07, 6.45) is 3.60. The highest BCUT2D eigenvalue weighted by atomic mass is 16.6. The number of aromatic nitrogens is 1. The Morgan fingerprint density at radius 1 is 1.04 bits per heavy atom. The Morgan fingerprint density at radius 2 is 1.76 bits per heavy atom. The maximum absolute atomic E-state index is 14.0. The zero-order valence-corrected chi connectivity index (χ0v) is 26.4. The molecular weight excluding hydrogens is 572 g/mol. The molecule has 0 spiro atoms. The third kappa shape index (κ3) is 6.55. The molecular formula is C35H44N4O6. The first-order valence-corrected chi connectivity index (χ1v) is 15.7. The molecule has 5 N–H and O–H groups in total. The zero-order valence-electron chi connectivity index (χ0n) is 26.4. The lowest BCUT2D eigenvalue weighted by atomic mass is 9.70. The number of aromatic amines is 1. The molecule has 3 amide bonds. The summed E-state index contributed by atoms with van der Waals surface area (Å²) >= 11 is 0. The maximum atomic E-state index is 14.0. The molecule has 10 heteroatoms. The molecule has 2 aromatic carbocycles. The van der Waals surface area contributed by atoms with Gasteiger partial charge in [0.15, 0.2) is 0 Å². The van der Waals surface area contributed by atoms with Crippen LogP contribution in [0.1, 0.15) is 77.0 Å². The van der Waals surface area contributed by atoms with E-state index >= 15 is 0 Å². The topological polar surface area (TPSA) is 150 Å². The lowest BCUT2D eigenvalue weighted by Gasteiger charge is -2.39. The van der Waals surface area contributed by atoms with E-state index in [4.69, 9.17) is 9.84 Å². The van der Waals surface area contributed by atoms with Crippen molar-refractivity contribution in [3.8, 4) is 0 Å². The lowest BCUT2D eigenvalue weighted by molar-refractivity contribution is -0.138. The minimum absolute atomic E-state index is 0.0262. The van der Waals surface area contributed by atoms with Crippen molar-refractivity contribution in [2.75, 3.05) is 6.54 Å². The number of carbonyl (C=O) groups excluding carboxylic acids is 3. The third-order valence-electron chi connectivity index (χ3n) is 10.6. The quantitative estimate of drug-likeness (QED) is 0.188. The van der Waals surface area contributed by atoms with Gasteiger partial charge in [0, 0.05) is 41.9 Å². The molecule has 0 aliphatic heterocycles. The zero-order chi connectivity index (χ0) is 32.4. The van der Waals surface area contributed by atoms with Crippen LogP contribution in [0.25, 0.3) is 10.9 Å². The molecule has 2 saturated carbocycles. The molecule has 0 radical (unpaired) electrons. The van der Waals surface area contributed by atoms with Gasteiger partial charge in [-0.25, -0.2) is 4.79 Å². The molecule has 0 saturated heterocycles. The molecule has 1 heterocycles. The van der Waals surface area contributed by atoms with E-state index in [1.165, 1.54) is 0 Å². The van der Waals surface area contributed by atoms with Crippen molar-refractivity contribution in [2.45, 2.75) is 83.9 Å². The van der Waals surface area contributed by atoms with Gasteiger partial charge in [-0.1, -0.05) is 69.3 Å². The molecule has 0 unspecified atom stereocenters. The monoisotopic (exact) mass is 616 g/mol. The van der Waals surface area contributed by atoms with E-state index in [1.54, 1.807) is 6.92 Å². The number of para-hydroxylation sites is 1. The second-order valence-electron chi connectivity index (χ2n) is 13.6. The average molecular weight is 617 g/mol. The summed E-state index contributed by atoms with van der Waals surface area (Å²) in [5, 5.41) is 18.7. The Hall–Kier alpha value is -4.34. The van der Waals surface area contributed by atoms with Crippen LogP contribution in [0.15, 0.2) is 60.8 Å². The van der Waals surface area contributed by atoms with E-state index in [2.05, 4.69) is 41.7 Å². The number of carbonyl (C=O) groups is 4. The van der Waals surface area contributed by atoms with Crippen LogP contribution in [0.5, 0.6) is 0 Å². The highest BCUT2D eigenvalue weighted by molar-refractivity contribution is 5.91. The minimum Gasteiger partial charge on any atom is -0.481 e. The van der Waals surface area contributed by atoms with Gasteiger partial charge in [-0.15, -0.1) is 0 Å². The van der Waals surface area contributed by atoms with Gasteiger partial charge < -0.3 is 30.8 Å². The van der Waals surface area contributed by atoms with Crippen molar-refractivity contribution in [1.29, 1.82) is 0 Å². The summed E-state index contributed by atoms with van der Waals surface area (Å²) in [4.78, 5) is 54.4. The van der Waals surface area contributed by atoms with Crippen LogP contribution in [-0.2, 0) is 25.5 Å². The third-order valence-corrected chi connectivity index (χ3v) is 10.6. The summed E-state index contributed by atoms with van der Waals surface area (Å²) in [6, 6.07) is 16.3. The van der Waals surface area contributed by atoms with E-state index in [0.29, 0.717) is 5.92 Å². The number of H-pyrrole nitrogens is 1. The van der Waals surface area contributed by atoms with Crippen molar-refractivity contribution >= 4 is 34.8 Å². The number of hydrogen-bond acceptors (Lipinski definition) is 5. The maximum Gasteiger partial charge on any atom is 0.408 e. The number of benzene rings is 2. The number of alkyl carbamates (subject to hydrolysis) is 1. The first-order valence-electron chi connectivity index (χ1n) is 15.7. The van der Waals surface area contributed by atoms with Gasteiger partial charge in [-0.2, -0.15) is 0 Å². The summed E-state index contributed by atoms with van der Waals surface area (Å²) < 4.78 is 6.09. The second-order valence-corrected chi connectivity index (χ2v) is 13.6. The number of hydrogen-bond donors (Lipinski definition) is 5. The fraction of sp³-hybridized carbons (Fsp3) is 0.486. The molecule has 2 aliphatic carbocycles. The van der Waals surface area contributed by atoms with Crippen molar-refractivity contribution in [1.82, 2.24) is 20.9 Å². The number of aliphatic carboxylic acids is 1. The van der Waals surface area contributed by atoms with Crippen molar-refractivity contribution in [3.63, 3.8) is 0 Å². The Labute approximate surface area is 263 Å². The van der Waals surface area contributed by atoms with Crippen LogP contribution >= 0.6 is 0 Å². The Morgan fingerprint density at radius 3 is 2.42 bits per heavy atom. The van der Waals surface area contributed by atoms with Crippen LogP contribution in [-0.4, -0.2) is 52.2 Å². The summed E-state index contributed by atoms with van der Waals surface area (Å²) in [6.45, 7) is 8.41. The molecule has 2 bridgehead atoms. The van der Waals surface area contributed by atoms with Crippen LogP contribution in [0.2, 0.25) is 0 Å². The molecule has 5 rings (SSSR count). The predicted molar refractivity (Wildman–Crippen MR) is 170 cm³/mol. The van der Waals surface area contributed by atoms with Crippen LogP contribution in [0.3, 0.4) is 0 Å². The van der Waals surface area contributed by atoms with Crippen LogP contribution < -0.4 is 16.0 Å². The molecule has 2 aliphatic rings. The number of fused-ring (bicyclic) bond motifs is 3. The highest BCUT2D eigenvalue weighted by Crippen LogP contribution is 2.66. The van der Waals surface area contributed by atoms with E-state index in [0.717, 1.165) is 41.3 Å². The standard InChI is InChI=1S/C35H44N4O6/c1-33(2)24-16-17-34(33,3)28(18-24)45-32(44)39-35(4,19-23-20-36-26-13-9-8-12-25(23)26)31(43)37-21-27(22-10-6-5-7-11-22)38-29(40)14-15-30(41)42/h5-13,20,24,27-28,36H,14-19,21H2,1-4H3,(H,37,43)(H,38,40)(H,39,44)(H,41,42)/t24-,27-,28+,34+,35+/m0/s1. The van der Waals surface area contributed by atoms with Crippen LogP contribution in [0.4, 0.5) is 4.79 Å². The number of carboxylic acid groups (broad SMARTS) is 1. The van der Waals surface area contributed by atoms with Gasteiger partial charge in [-0.05, 0) is 54.7 Å². The lowest BCUT2D eigenvalue weighted by Crippen LogP contribution is -2.59. The smallest absolute Gasteiger partial charge is 0.408 e. The van der Waals surface area contributed by atoms with E-state index in [9.17, 15) is 19.2 Å². The Kier molecular flexibility index (Phi) is 8.96. The molecule has 5 atom stereocenters. The molecule has 10 nitrogen and oxygen atoms in total. The number of rotatable bonds is 12. The van der Waals surface area contributed by atoms with Gasteiger partial charge in [0.05, 0.1) is 12.5 Å². The largest absolute Gasteiger partial charge is 0.481 e. The van der Waals surface area contributed by atoms with Crippen molar-refractivity contribution < 1.29 is 29.0 Å². The molecule has 2 fully saturated rings. The van der Waals surface area contributed by atoms with Crippen molar-refractivity contribution in [3.05, 3.63) is 71.9 Å². The Balaban J connectivity index is 1.35. The first-order chi connectivity index (χ1) is 21.3. The molecule has 1 aromatic heterocycles. The normalized spacial score (nSPS) is 23.6. The van der Waals surface area contributed by atoms with Crippen LogP contribution in [0, 0.1) is 16.7 Å². The first kappa shape index (κ1) is 32.1. The van der Waals surface area contributed by atoms with Gasteiger partial charge in [0.25, 0.3) is 0 Å². The number of nitrogens with one attached hydrogen (secondary N) is 4. The predicted octanol–water partition coefficient (Wildman–Crippen LogP) is 5.25. The van der Waals surface area contributed by atoms with Gasteiger partial charge in [-0.3, -0.25) is 14.4 Å². The van der Waals surface area contributed by atoms with E-state index < -0.39 is 35.5 Å². The number of ether oxygens (including phenoxy) is 1. The minimum atomic E-state index is -1.40. The Bertz CT molecular complexity index is 1570. The molecule has 3 aromatic rings. The summed E-state index contributed by atoms with van der Waals surface area (Å²) in [7, 11) is 0. The average Bonchev–Trinajstić information content (AvgIpc) is 3.57. The molecule has 45 heavy (non-hydrogen) atoms. The fourth-order valence-corrected chi connectivity index (χ4v) is 7.35. The summed E-state index contributed by atoms with van der Waals surface area (Å²) in [5.41, 5.74) is 1.06. The van der Waals surface area contributed by atoms with Crippen molar-refractivity contribution in [2.24, 2.45) is 16.7 Å². The van der Waals surface area contributed by atoms with Gasteiger partial charge in [0.1, 0.15) is 11.6 Å². The summed E-state index contributed by atoms with van der Waals surface area (Å²) in [5.74, 6) is -1.46. The fourth-order valence-electron chi connectivity index (χ4n) is 7.35. The second kappa shape index (κ2) is 12.6. The van der Waals surface area contributed by atoms with Gasteiger partial charge in [0.2, 0.25) is 11.8 Å². The van der Waals surface area contributed by atoms with E-state index in [-0.39, 0.29) is 42.7 Å². The number of carboxylic acids is 1. The SMILES string of the molecule is CC1(C)[C@H]2CC[C@]1(C)[C@H](OC(=O)N[C@](C)(Cc1c[nH]c3ccccc13)C(=O)NC[C@H](NC(=O)CCC(=O)O)c1ccccc1)C2.